The van der Waals surface area contributed by atoms with E-state index in [2.05, 4.69) is 0 Å². The number of hydrogen-bond acceptors (Lipinski definition) is 5. The molecule has 1 aliphatic heterocycles. The van der Waals surface area contributed by atoms with Crippen molar-refractivity contribution in [3.63, 3.8) is 0 Å². The van der Waals surface area contributed by atoms with Gasteiger partial charge in [0.05, 0.1) is 32.1 Å². The maximum Gasteiger partial charge on any atom is 0.221 e. The Bertz CT molecular complexity index is 1030. The molecule has 2 aromatic rings. The molecule has 3 fully saturated rings. The van der Waals surface area contributed by atoms with Gasteiger partial charge in [-0.05, 0) is 61.6 Å². The first-order valence-electron chi connectivity index (χ1n) is 9.33. The number of benzene rings is 1. The maximum absolute atomic E-state index is 12.4. The van der Waals surface area contributed by atoms with Gasteiger partial charge in [-0.2, -0.15) is 0 Å². The lowest BCUT2D eigenvalue weighted by molar-refractivity contribution is -0.123. The average Bonchev–Trinajstić information content (AvgIpc) is 3.05. The molecule has 0 radical (unpaired) electrons. The number of aromatic nitrogens is 1. The van der Waals surface area contributed by atoms with Crippen LogP contribution in [0.5, 0.6) is 0 Å². The molecule has 8 heteroatoms. The van der Waals surface area contributed by atoms with Gasteiger partial charge in [-0.25, -0.2) is 13.4 Å². The standard InChI is InChI=1S/C19H21ClN2O3S2/c20-12-1-2-14-15(5-12)26-18(22-14)11-8-19(9-11)6-10(7-19)16-13(17(21)23)3-4-27(16,24)25/h1-2,5,10-11,13,16H,3-4,6-9H2,(H2,21,23). The molecule has 1 saturated heterocycles. The topological polar surface area (TPSA) is 90.1 Å². The van der Waals surface area contributed by atoms with Crippen molar-refractivity contribution in [1.29, 1.82) is 0 Å². The lowest BCUT2D eigenvalue weighted by Crippen LogP contribution is -2.53. The molecule has 2 heterocycles. The molecule has 5 nitrogen and oxygen atoms in total. The fourth-order valence-corrected chi connectivity index (χ4v) is 9.38. The molecule has 2 N–H and O–H groups in total. The number of halogens is 1. The number of nitrogens with zero attached hydrogens (tertiary/aromatic N) is 1. The Labute approximate surface area is 167 Å². The van der Waals surface area contributed by atoms with E-state index in [0.29, 0.717) is 12.3 Å². The molecular weight excluding hydrogens is 404 g/mol. The summed E-state index contributed by atoms with van der Waals surface area (Å²) in [6, 6.07) is 5.78. The quantitative estimate of drug-likeness (QED) is 0.816. The van der Waals surface area contributed by atoms with Crippen LogP contribution in [-0.4, -0.2) is 30.3 Å². The van der Waals surface area contributed by atoms with E-state index in [1.165, 1.54) is 0 Å². The Morgan fingerprint density at radius 2 is 2.00 bits per heavy atom. The van der Waals surface area contributed by atoms with Crippen LogP contribution in [0.2, 0.25) is 5.02 Å². The summed E-state index contributed by atoms with van der Waals surface area (Å²) in [4.78, 5) is 16.4. The number of hydrogen-bond donors (Lipinski definition) is 1. The first kappa shape index (κ1) is 17.9. The van der Waals surface area contributed by atoms with Crippen LogP contribution in [0.4, 0.5) is 0 Å². The van der Waals surface area contributed by atoms with Crippen molar-refractivity contribution in [2.75, 3.05) is 5.75 Å². The van der Waals surface area contributed by atoms with Gasteiger partial charge >= 0.3 is 0 Å². The highest BCUT2D eigenvalue weighted by atomic mass is 35.5. The third-order valence-corrected chi connectivity index (χ3v) is 10.6. The van der Waals surface area contributed by atoms with Gasteiger partial charge < -0.3 is 5.73 Å². The lowest BCUT2D eigenvalue weighted by atomic mass is 9.47. The molecule has 2 atom stereocenters. The van der Waals surface area contributed by atoms with E-state index in [-0.39, 0.29) is 17.1 Å². The van der Waals surface area contributed by atoms with Crippen LogP contribution >= 0.6 is 22.9 Å². The first-order chi connectivity index (χ1) is 12.8. The Morgan fingerprint density at radius 1 is 1.26 bits per heavy atom. The van der Waals surface area contributed by atoms with E-state index in [1.54, 1.807) is 11.3 Å². The van der Waals surface area contributed by atoms with Crippen LogP contribution in [0.25, 0.3) is 10.2 Å². The fourth-order valence-electron chi connectivity index (χ4n) is 5.64. The fraction of sp³-hybridized carbons (Fsp3) is 0.579. The van der Waals surface area contributed by atoms with Gasteiger partial charge in [0.1, 0.15) is 0 Å². The molecular formula is C19H21ClN2O3S2. The summed E-state index contributed by atoms with van der Waals surface area (Å²) < 4.78 is 25.9. The predicted molar refractivity (Wildman–Crippen MR) is 107 cm³/mol. The molecule has 1 aromatic carbocycles. The molecule has 1 aromatic heterocycles. The molecule has 1 spiro atoms. The van der Waals surface area contributed by atoms with E-state index in [0.717, 1.165) is 45.9 Å². The normalized spacial score (nSPS) is 37.2. The van der Waals surface area contributed by atoms with Crippen molar-refractivity contribution >= 4 is 48.9 Å². The second-order valence-corrected chi connectivity index (χ2v) is 12.3. The third-order valence-electron chi connectivity index (χ3n) is 6.82. The maximum atomic E-state index is 12.4. The summed E-state index contributed by atoms with van der Waals surface area (Å²) in [5, 5.41) is 1.33. The van der Waals surface area contributed by atoms with Gasteiger partial charge in [-0.3, -0.25) is 4.79 Å². The zero-order valence-corrected chi connectivity index (χ0v) is 17.1. The number of nitrogens with two attached hydrogens (primary N) is 1. The van der Waals surface area contributed by atoms with Gasteiger partial charge in [0.25, 0.3) is 0 Å². The first-order valence-corrected chi connectivity index (χ1v) is 12.2. The van der Waals surface area contributed by atoms with E-state index >= 15 is 0 Å². The Hall–Kier alpha value is -1.18. The minimum atomic E-state index is -3.19. The highest BCUT2D eigenvalue weighted by Crippen LogP contribution is 2.66. The largest absolute Gasteiger partial charge is 0.369 e. The minimum Gasteiger partial charge on any atom is -0.369 e. The number of rotatable bonds is 3. The molecule has 3 aliphatic rings. The minimum absolute atomic E-state index is 0.0881. The summed E-state index contributed by atoms with van der Waals surface area (Å²) in [6.45, 7) is 0. The van der Waals surface area contributed by atoms with Crippen molar-refractivity contribution in [1.82, 2.24) is 4.98 Å². The van der Waals surface area contributed by atoms with Gasteiger partial charge in [0.15, 0.2) is 9.84 Å². The Balaban J connectivity index is 1.27. The van der Waals surface area contributed by atoms with Crippen LogP contribution < -0.4 is 5.73 Å². The second kappa shape index (κ2) is 5.91. The molecule has 27 heavy (non-hydrogen) atoms. The van der Waals surface area contributed by atoms with Gasteiger partial charge in [0.2, 0.25) is 5.91 Å². The smallest absolute Gasteiger partial charge is 0.221 e. The van der Waals surface area contributed by atoms with E-state index in [1.807, 2.05) is 18.2 Å². The number of primary amides is 1. The number of fused-ring (bicyclic) bond motifs is 1. The predicted octanol–water partition coefficient (Wildman–Crippen LogP) is 3.51. The third kappa shape index (κ3) is 2.81. The molecule has 2 aliphatic carbocycles. The molecule has 5 rings (SSSR count). The van der Waals surface area contributed by atoms with Crippen LogP contribution in [0.15, 0.2) is 18.2 Å². The van der Waals surface area contributed by atoms with Crippen LogP contribution in [0.3, 0.4) is 0 Å². The van der Waals surface area contributed by atoms with Gasteiger partial charge in [0, 0.05) is 10.9 Å². The summed E-state index contributed by atoms with van der Waals surface area (Å²) in [7, 11) is -3.19. The summed E-state index contributed by atoms with van der Waals surface area (Å²) in [6.07, 6.45) is 4.31. The molecule has 1 amide bonds. The van der Waals surface area contributed by atoms with Crippen molar-refractivity contribution in [3.05, 3.63) is 28.2 Å². The van der Waals surface area contributed by atoms with Crippen molar-refractivity contribution in [3.8, 4) is 0 Å². The summed E-state index contributed by atoms with van der Waals surface area (Å²) in [5.41, 5.74) is 6.70. The van der Waals surface area contributed by atoms with Crippen LogP contribution in [0.1, 0.15) is 43.0 Å². The average molecular weight is 425 g/mol. The van der Waals surface area contributed by atoms with Crippen LogP contribution in [-0.2, 0) is 14.6 Å². The lowest BCUT2D eigenvalue weighted by Gasteiger charge is -2.59. The van der Waals surface area contributed by atoms with E-state index < -0.39 is 26.9 Å². The molecule has 0 bridgehead atoms. The monoisotopic (exact) mass is 424 g/mol. The van der Waals surface area contributed by atoms with Gasteiger partial charge in [-0.1, -0.05) is 11.6 Å². The van der Waals surface area contributed by atoms with E-state index in [9.17, 15) is 13.2 Å². The molecule has 2 unspecified atom stereocenters. The number of amides is 1. The van der Waals surface area contributed by atoms with E-state index in [4.69, 9.17) is 22.3 Å². The zero-order valence-electron chi connectivity index (χ0n) is 14.7. The van der Waals surface area contributed by atoms with Gasteiger partial charge in [-0.15, -0.1) is 11.3 Å². The highest BCUT2D eigenvalue weighted by Gasteiger charge is 2.60. The second-order valence-electron chi connectivity index (χ2n) is 8.57. The molecule has 144 valence electrons. The summed E-state index contributed by atoms with van der Waals surface area (Å²) in [5.74, 6) is -0.311. The van der Waals surface area contributed by atoms with Crippen molar-refractivity contribution in [2.24, 2.45) is 23.0 Å². The SMILES string of the molecule is NC(=O)C1CCS(=O)(=O)C1C1CC2(CC(c3nc4ccc(Cl)cc4s3)C2)C1. The number of thiazole rings is 1. The highest BCUT2D eigenvalue weighted by molar-refractivity contribution is 7.92. The number of sulfone groups is 1. The van der Waals surface area contributed by atoms with Crippen LogP contribution in [0, 0.1) is 17.3 Å². The number of carbonyl (C=O) groups excluding carboxylic acids is 1. The number of carbonyl (C=O) groups is 1. The zero-order chi connectivity index (χ0) is 19.0. The Morgan fingerprint density at radius 3 is 2.70 bits per heavy atom. The van der Waals surface area contributed by atoms with Crippen molar-refractivity contribution in [2.45, 2.75) is 43.3 Å². The van der Waals surface area contributed by atoms with Crippen molar-refractivity contribution < 1.29 is 13.2 Å². The Kier molecular flexibility index (Phi) is 3.91. The summed E-state index contributed by atoms with van der Waals surface area (Å²) >= 11 is 7.77. The molecule has 2 saturated carbocycles.